The molecular weight excluding hydrogens is 362 g/mol. The zero-order valence-corrected chi connectivity index (χ0v) is 19.0. The van der Waals surface area contributed by atoms with Crippen LogP contribution in [0.5, 0.6) is 0 Å². The van der Waals surface area contributed by atoms with E-state index in [1.165, 1.54) is 70.0 Å². The molecule has 0 bridgehead atoms. The van der Waals surface area contributed by atoms with Crippen molar-refractivity contribution in [2.24, 2.45) is 12.0 Å². The van der Waals surface area contributed by atoms with Crippen molar-refractivity contribution in [3.8, 4) is 0 Å². The molecule has 0 radical (unpaired) electrons. The highest BCUT2D eigenvalue weighted by atomic mass is 15.3. The number of hydrogen-bond acceptors (Lipinski definition) is 4. The Labute approximate surface area is 176 Å². The number of aromatic nitrogens is 2. The summed E-state index contributed by atoms with van der Waals surface area (Å²) in [6, 6.07) is 0.257. The number of aryl methyl sites for hydroxylation is 1. The molecule has 7 heteroatoms. The molecule has 1 aliphatic heterocycles. The minimum Gasteiger partial charge on any atom is -0.355 e. The fraction of sp³-hybridized carbons (Fsp3) is 0.818. The summed E-state index contributed by atoms with van der Waals surface area (Å²) in [4.78, 5) is 9.53. The van der Waals surface area contributed by atoms with Gasteiger partial charge in [0, 0.05) is 44.5 Å². The fourth-order valence-electron chi connectivity index (χ4n) is 5.06. The van der Waals surface area contributed by atoms with Crippen molar-refractivity contribution < 1.29 is 0 Å². The van der Waals surface area contributed by atoms with Gasteiger partial charge in [-0.3, -0.25) is 14.6 Å². The second-order valence-corrected chi connectivity index (χ2v) is 9.07. The Hall–Kier alpha value is -1.60. The predicted molar refractivity (Wildman–Crippen MR) is 120 cm³/mol. The van der Waals surface area contributed by atoms with Crippen molar-refractivity contribution in [1.82, 2.24) is 30.2 Å². The second kappa shape index (κ2) is 10.4. The topological polar surface area (TPSA) is 60.7 Å². The summed E-state index contributed by atoms with van der Waals surface area (Å²) in [6.07, 6.45) is 14.9. The SMILES string of the molecule is CN=C(NCC(c1cnn(C)c1)N(C)C)NCC1(N2CCCCC2)CCCCC1. The molecule has 1 atom stereocenters. The minimum atomic E-state index is 0.257. The number of nitrogens with zero attached hydrogens (tertiary/aromatic N) is 5. The Morgan fingerprint density at radius 1 is 1.14 bits per heavy atom. The number of piperidine rings is 1. The first kappa shape index (κ1) is 22.1. The van der Waals surface area contributed by atoms with Crippen LogP contribution in [0.3, 0.4) is 0 Å². The number of rotatable bonds is 7. The van der Waals surface area contributed by atoms with Crippen molar-refractivity contribution in [3.63, 3.8) is 0 Å². The van der Waals surface area contributed by atoms with E-state index in [1.54, 1.807) is 0 Å². The molecule has 1 aromatic rings. The fourth-order valence-corrected chi connectivity index (χ4v) is 5.06. The van der Waals surface area contributed by atoms with Gasteiger partial charge in [-0.05, 0) is 52.9 Å². The first-order chi connectivity index (χ1) is 14.0. The minimum absolute atomic E-state index is 0.257. The van der Waals surface area contributed by atoms with E-state index >= 15 is 0 Å². The molecule has 1 aliphatic carbocycles. The zero-order chi connectivity index (χ0) is 20.7. The number of nitrogens with one attached hydrogen (secondary N) is 2. The lowest BCUT2D eigenvalue weighted by Crippen LogP contribution is -2.59. The zero-order valence-electron chi connectivity index (χ0n) is 19.0. The van der Waals surface area contributed by atoms with Crippen LogP contribution in [-0.4, -0.2) is 78.4 Å². The highest BCUT2D eigenvalue weighted by Crippen LogP contribution is 2.35. The maximum atomic E-state index is 4.52. The van der Waals surface area contributed by atoms with E-state index in [2.05, 4.69) is 50.8 Å². The molecule has 1 saturated carbocycles. The third-order valence-electron chi connectivity index (χ3n) is 6.82. The molecule has 164 valence electrons. The maximum absolute atomic E-state index is 4.52. The third-order valence-corrected chi connectivity index (χ3v) is 6.82. The van der Waals surface area contributed by atoms with Crippen LogP contribution in [0.1, 0.15) is 63.0 Å². The van der Waals surface area contributed by atoms with E-state index in [4.69, 9.17) is 0 Å². The molecule has 2 heterocycles. The lowest BCUT2D eigenvalue weighted by molar-refractivity contribution is 0.0368. The quantitative estimate of drug-likeness (QED) is 0.541. The number of likely N-dealkylation sites (tertiary alicyclic amines) is 1. The van der Waals surface area contributed by atoms with Gasteiger partial charge < -0.3 is 15.5 Å². The molecule has 7 nitrogen and oxygen atoms in total. The number of guanidine groups is 1. The van der Waals surface area contributed by atoms with Gasteiger partial charge in [0.1, 0.15) is 0 Å². The van der Waals surface area contributed by atoms with Gasteiger partial charge in [-0.25, -0.2) is 0 Å². The normalized spacial score (nSPS) is 21.9. The van der Waals surface area contributed by atoms with Gasteiger partial charge in [0.05, 0.1) is 12.2 Å². The summed E-state index contributed by atoms with van der Waals surface area (Å²) in [6.45, 7) is 4.32. The first-order valence-corrected chi connectivity index (χ1v) is 11.4. The standard InChI is InChI=1S/C22H41N7/c1-23-21(24-16-20(27(2)3)19-15-26-28(4)17-19)25-18-22(11-7-5-8-12-22)29-13-9-6-10-14-29/h15,17,20H,5-14,16,18H2,1-4H3,(H2,23,24,25). The summed E-state index contributed by atoms with van der Waals surface area (Å²) in [5.74, 6) is 0.905. The molecule has 0 aromatic carbocycles. The molecular formula is C22H41N7. The average molecular weight is 404 g/mol. The van der Waals surface area contributed by atoms with E-state index < -0.39 is 0 Å². The Balaban J connectivity index is 1.59. The summed E-state index contributed by atoms with van der Waals surface area (Å²) in [7, 11) is 8.07. The molecule has 1 unspecified atom stereocenters. The van der Waals surface area contributed by atoms with Crippen LogP contribution < -0.4 is 10.6 Å². The van der Waals surface area contributed by atoms with Gasteiger partial charge in [0.15, 0.2) is 5.96 Å². The predicted octanol–water partition coefficient (Wildman–Crippen LogP) is 2.38. The highest BCUT2D eigenvalue weighted by molar-refractivity contribution is 5.79. The van der Waals surface area contributed by atoms with Crippen molar-refractivity contribution >= 4 is 5.96 Å². The van der Waals surface area contributed by atoms with Crippen LogP contribution in [0.15, 0.2) is 17.4 Å². The van der Waals surface area contributed by atoms with E-state index in [1.807, 2.05) is 25.0 Å². The van der Waals surface area contributed by atoms with Gasteiger partial charge in [-0.1, -0.05) is 25.7 Å². The first-order valence-electron chi connectivity index (χ1n) is 11.4. The summed E-state index contributed by atoms with van der Waals surface area (Å²) in [5.41, 5.74) is 1.53. The Morgan fingerprint density at radius 2 is 1.83 bits per heavy atom. The molecule has 2 fully saturated rings. The number of aliphatic imine (C=N–C) groups is 1. The van der Waals surface area contributed by atoms with Crippen LogP contribution in [0.25, 0.3) is 0 Å². The highest BCUT2D eigenvalue weighted by Gasteiger charge is 2.38. The van der Waals surface area contributed by atoms with Crippen molar-refractivity contribution in [1.29, 1.82) is 0 Å². The maximum Gasteiger partial charge on any atom is 0.191 e. The number of likely N-dealkylation sites (N-methyl/N-ethyl adjacent to an activating group) is 1. The average Bonchev–Trinajstić information content (AvgIpc) is 3.17. The van der Waals surface area contributed by atoms with Crippen LogP contribution in [0, 0.1) is 0 Å². The van der Waals surface area contributed by atoms with Gasteiger partial charge >= 0.3 is 0 Å². The van der Waals surface area contributed by atoms with Crippen LogP contribution >= 0.6 is 0 Å². The largest absolute Gasteiger partial charge is 0.355 e. The van der Waals surface area contributed by atoms with Crippen LogP contribution in [0.4, 0.5) is 0 Å². The van der Waals surface area contributed by atoms with Gasteiger partial charge in [0.2, 0.25) is 0 Å². The van der Waals surface area contributed by atoms with Crippen molar-refractivity contribution in [3.05, 3.63) is 18.0 Å². The molecule has 29 heavy (non-hydrogen) atoms. The molecule has 3 rings (SSSR count). The van der Waals surface area contributed by atoms with E-state index in [0.717, 1.165) is 19.0 Å². The Morgan fingerprint density at radius 3 is 2.41 bits per heavy atom. The van der Waals surface area contributed by atoms with Crippen LogP contribution in [0.2, 0.25) is 0 Å². The monoisotopic (exact) mass is 403 g/mol. The second-order valence-electron chi connectivity index (χ2n) is 9.07. The van der Waals surface area contributed by atoms with E-state index in [0.29, 0.717) is 5.54 Å². The van der Waals surface area contributed by atoms with Gasteiger partial charge in [-0.15, -0.1) is 0 Å². The van der Waals surface area contributed by atoms with E-state index in [9.17, 15) is 0 Å². The lowest BCUT2D eigenvalue weighted by atomic mass is 9.79. The Bertz CT molecular complexity index is 639. The smallest absolute Gasteiger partial charge is 0.191 e. The number of hydrogen-bond donors (Lipinski definition) is 2. The van der Waals surface area contributed by atoms with Gasteiger partial charge in [-0.2, -0.15) is 5.10 Å². The van der Waals surface area contributed by atoms with Crippen LogP contribution in [-0.2, 0) is 7.05 Å². The lowest BCUT2D eigenvalue weighted by Gasteiger charge is -2.48. The molecule has 0 amide bonds. The summed E-state index contributed by atoms with van der Waals surface area (Å²) < 4.78 is 1.87. The van der Waals surface area contributed by atoms with Crippen molar-refractivity contribution in [2.75, 3.05) is 47.3 Å². The molecule has 2 aliphatic rings. The molecule has 0 spiro atoms. The van der Waals surface area contributed by atoms with E-state index in [-0.39, 0.29) is 6.04 Å². The molecule has 1 saturated heterocycles. The third kappa shape index (κ3) is 5.72. The van der Waals surface area contributed by atoms with Gasteiger partial charge in [0.25, 0.3) is 0 Å². The summed E-state index contributed by atoms with van der Waals surface area (Å²) in [5, 5.41) is 11.6. The molecule has 1 aromatic heterocycles. The van der Waals surface area contributed by atoms with Crippen molar-refractivity contribution in [2.45, 2.75) is 62.9 Å². The Kier molecular flexibility index (Phi) is 7.95. The summed E-state index contributed by atoms with van der Waals surface area (Å²) >= 11 is 0. The molecule has 2 N–H and O–H groups in total.